The van der Waals surface area contributed by atoms with Gasteiger partial charge in [0.25, 0.3) is 0 Å². The van der Waals surface area contributed by atoms with Gasteiger partial charge in [-0.05, 0) is 63.7 Å². The summed E-state index contributed by atoms with van der Waals surface area (Å²) in [4.78, 5) is 17.9. The number of carbonyl (C=O) groups is 1. The topological polar surface area (TPSA) is 92.9 Å². The van der Waals surface area contributed by atoms with E-state index in [-0.39, 0.29) is 0 Å². The van der Waals surface area contributed by atoms with Crippen LogP contribution in [0.25, 0.3) is 10.9 Å². The Bertz CT molecular complexity index is 1130. The van der Waals surface area contributed by atoms with E-state index in [0.29, 0.717) is 18.1 Å². The molecule has 0 aliphatic heterocycles. The Balaban J connectivity index is 1.86. The Labute approximate surface area is 207 Å². The molecule has 2 aromatic carbocycles. The number of likely N-dealkylation sites (N-methyl/N-ethyl adjacent to an activating group) is 1. The minimum Gasteiger partial charge on any atom is -0.465 e. The summed E-state index contributed by atoms with van der Waals surface area (Å²) < 4.78 is 31.2. The third-order valence-electron chi connectivity index (χ3n) is 5.46. The van der Waals surface area contributed by atoms with E-state index >= 15 is 0 Å². The van der Waals surface area contributed by atoms with Crippen molar-refractivity contribution in [2.24, 2.45) is 0 Å². The summed E-state index contributed by atoms with van der Waals surface area (Å²) in [6, 6.07) is 13.4. The number of unbranched alkanes of at least 4 members (excludes halogenated alkanes) is 2. The summed E-state index contributed by atoms with van der Waals surface area (Å²) >= 11 is 0. The molecule has 0 fully saturated rings. The normalized spacial score (nSPS) is 14.0. The summed E-state index contributed by atoms with van der Waals surface area (Å²) in [6.07, 6.45) is 5.51. The van der Waals surface area contributed by atoms with Gasteiger partial charge < -0.3 is 23.7 Å². The lowest BCUT2D eigenvalue weighted by atomic mass is 10.1. The fraction of sp³-hybridized carbons (Fsp3) is 0.423. The van der Waals surface area contributed by atoms with Crippen molar-refractivity contribution in [2.45, 2.75) is 45.6 Å². The van der Waals surface area contributed by atoms with Crippen molar-refractivity contribution >= 4 is 24.6 Å². The summed E-state index contributed by atoms with van der Waals surface area (Å²) in [5.74, 6) is 0.266. The lowest BCUT2D eigenvalue weighted by Gasteiger charge is -2.23. The second-order valence-electron chi connectivity index (χ2n) is 8.76. The van der Waals surface area contributed by atoms with E-state index in [0.717, 1.165) is 48.7 Å². The van der Waals surface area contributed by atoms with Crippen LogP contribution in [0.15, 0.2) is 54.7 Å². The van der Waals surface area contributed by atoms with Gasteiger partial charge in [0, 0.05) is 23.6 Å². The summed E-state index contributed by atoms with van der Waals surface area (Å²) in [7, 11) is -0.00161. The Kier molecular flexibility index (Phi) is 9.78. The second kappa shape index (κ2) is 12.8. The molecule has 0 saturated heterocycles. The van der Waals surface area contributed by atoms with Crippen LogP contribution in [0.5, 0.6) is 11.5 Å². The van der Waals surface area contributed by atoms with E-state index < -0.39 is 19.8 Å². The van der Waals surface area contributed by atoms with Crippen LogP contribution < -0.4 is 14.1 Å². The van der Waals surface area contributed by atoms with Crippen molar-refractivity contribution in [3.8, 4) is 11.5 Å². The van der Waals surface area contributed by atoms with Gasteiger partial charge in [-0.3, -0.25) is 4.79 Å². The van der Waals surface area contributed by atoms with E-state index in [1.54, 1.807) is 37.3 Å². The number of carbonyl (C=O) groups excluding carboxylic acids is 1. The number of nitrogens with zero attached hydrogens (tertiary/aromatic N) is 1. The Hall–Kier alpha value is -2.80. The van der Waals surface area contributed by atoms with E-state index in [1.807, 2.05) is 38.5 Å². The quantitative estimate of drug-likeness (QED) is 0.170. The van der Waals surface area contributed by atoms with E-state index in [9.17, 15) is 9.36 Å². The number of hydrogen-bond donors (Lipinski definition) is 2. The molecule has 1 unspecified atom stereocenters. The molecule has 0 bridgehead atoms. The van der Waals surface area contributed by atoms with Crippen LogP contribution in [-0.2, 0) is 20.5 Å². The average Bonchev–Trinajstić information content (AvgIpc) is 3.25. The van der Waals surface area contributed by atoms with Crippen LogP contribution in [0.1, 0.15) is 38.7 Å². The molecule has 190 valence electrons. The number of esters is 1. The van der Waals surface area contributed by atoms with Gasteiger partial charge >= 0.3 is 13.7 Å². The van der Waals surface area contributed by atoms with Crippen LogP contribution in [-0.4, -0.2) is 49.1 Å². The predicted octanol–water partition coefficient (Wildman–Crippen LogP) is 5.55. The van der Waals surface area contributed by atoms with E-state index in [4.69, 9.17) is 13.8 Å². The molecule has 2 atom stereocenters. The van der Waals surface area contributed by atoms with Gasteiger partial charge in [-0.25, -0.2) is 4.57 Å². The van der Waals surface area contributed by atoms with Crippen LogP contribution in [0.3, 0.4) is 0 Å². The Morgan fingerprint density at radius 1 is 1.09 bits per heavy atom. The molecule has 9 heteroatoms. The zero-order valence-corrected chi connectivity index (χ0v) is 21.8. The number of aromatic nitrogens is 1. The average molecular weight is 502 g/mol. The third-order valence-corrected chi connectivity index (χ3v) is 7.05. The molecule has 0 spiro atoms. The predicted molar refractivity (Wildman–Crippen MR) is 139 cm³/mol. The zero-order valence-electron chi connectivity index (χ0n) is 21.0. The van der Waals surface area contributed by atoms with Gasteiger partial charge in [0.15, 0.2) is 0 Å². The molecule has 0 aliphatic carbocycles. The number of nitrogens with one attached hydrogen (secondary N) is 2. The number of ether oxygens (including phenoxy) is 1. The van der Waals surface area contributed by atoms with Crippen molar-refractivity contribution in [1.82, 2.24) is 15.0 Å². The van der Waals surface area contributed by atoms with Crippen LogP contribution >= 0.6 is 7.75 Å². The number of hydrogen-bond acceptors (Lipinski definition) is 6. The maximum atomic E-state index is 14.0. The van der Waals surface area contributed by atoms with Crippen LogP contribution in [0.4, 0.5) is 0 Å². The molecule has 3 rings (SSSR count). The maximum Gasteiger partial charge on any atom is 0.513 e. The number of H-pyrrole nitrogens is 1. The van der Waals surface area contributed by atoms with Gasteiger partial charge in [0.1, 0.15) is 17.5 Å². The summed E-state index contributed by atoms with van der Waals surface area (Å²) in [5.41, 5.74) is 1.91. The molecule has 8 nitrogen and oxygen atoms in total. The van der Waals surface area contributed by atoms with Gasteiger partial charge in [-0.15, -0.1) is 0 Å². The molecule has 0 amide bonds. The smallest absolute Gasteiger partial charge is 0.465 e. The first-order valence-electron chi connectivity index (χ1n) is 12.0. The standard InChI is InChI=1S/C26H36N3O5P/c1-5-6-10-18-32-26(30)20(2)28-35(31,33-22-12-8-7-9-13-22)34-24-15-11-14-23-25(24)21(19-27-23)16-17-29(3)4/h7-9,11-15,19-20,27H,5-6,10,16-18H2,1-4H3,(H,28,31)/t20-,35?/m0/s1. The first-order valence-corrected chi connectivity index (χ1v) is 13.6. The molecular formula is C26H36N3O5P. The number of para-hydroxylation sites is 1. The number of fused-ring (bicyclic) bond motifs is 1. The number of rotatable bonds is 14. The highest BCUT2D eigenvalue weighted by Gasteiger charge is 2.34. The highest BCUT2D eigenvalue weighted by atomic mass is 31.2. The lowest BCUT2D eigenvalue weighted by molar-refractivity contribution is -0.145. The van der Waals surface area contributed by atoms with Crippen molar-refractivity contribution in [1.29, 1.82) is 0 Å². The van der Waals surface area contributed by atoms with E-state index in [2.05, 4.69) is 21.9 Å². The highest BCUT2D eigenvalue weighted by molar-refractivity contribution is 7.52. The van der Waals surface area contributed by atoms with Gasteiger partial charge in [0.05, 0.1) is 6.61 Å². The van der Waals surface area contributed by atoms with E-state index in [1.165, 1.54) is 0 Å². The maximum absolute atomic E-state index is 14.0. The molecule has 2 N–H and O–H groups in total. The number of aromatic amines is 1. The minimum absolute atomic E-state index is 0.321. The lowest BCUT2D eigenvalue weighted by Crippen LogP contribution is -2.36. The van der Waals surface area contributed by atoms with Gasteiger partial charge in [0.2, 0.25) is 0 Å². The first kappa shape index (κ1) is 26.8. The molecule has 0 radical (unpaired) electrons. The molecule has 1 heterocycles. The zero-order chi connectivity index (χ0) is 25.3. The minimum atomic E-state index is -4.03. The fourth-order valence-corrected chi connectivity index (χ4v) is 5.13. The van der Waals surface area contributed by atoms with Gasteiger partial charge in [-0.1, -0.05) is 44.0 Å². The van der Waals surface area contributed by atoms with Crippen molar-refractivity contribution < 1.29 is 23.1 Å². The largest absolute Gasteiger partial charge is 0.513 e. The van der Waals surface area contributed by atoms with Gasteiger partial charge in [-0.2, -0.15) is 5.09 Å². The monoisotopic (exact) mass is 501 g/mol. The molecule has 0 aliphatic rings. The molecule has 0 saturated carbocycles. The number of benzene rings is 2. The summed E-state index contributed by atoms with van der Waals surface area (Å²) in [5, 5.41) is 3.61. The van der Waals surface area contributed by atoms with Crippen molar-refractivity contribution in [2.75, 3.05) is 27.2 Å². The Morgan fingerprint density at radius 3 is 2.57 bits per heavy atom. The van der Waals surface area contributed by atoms with Crippen molar-refractivity contribution in [3.63, 3.8) is 0 Å². The molecule has 3 aromatic rings. The second-order valence-corrected chi connectivity index (χ2v) is 10.4. The fourth-order valence-electron chi connectivity index (χ4n) is 3.60. The third kappa shape index (κ3) is 7.85. The molecule has 35 heavy (non-hydrogen) atoms. The summed E-state index contributed by atoms with van der Waals surface area (Å²) in [6.45, 7) is 4.84. The van der Waals surface area contributed by atoms with Crippen LogP contribution in [0.2, 0.25) is 0 Å². The Morgan fingerprint density at radius 2 is 1.86 bits per heavy atom. The van der Waals surface area contributed by atoms with Crippen molar-refractivity contribution in [3.05, 3.63) is 60.3 Å². The highest BCUT2D eigenvalue weighted by Crippen LogP contribution is 2.47. The molecular weight excluding hydrogens is 465 g/mol. The first-order chi connectivity index (χ1) is 16.8. The SMILES string of the molecule is CCCCCOC(=O)[C@H](C)NP(=O)(Oc1ccccc1)Oc1cccc2[nH]cc(CCN(C)C)c12. The molecule has 1 aromatic heterocycles. The van der Waals surface area contributed by atoms with Crippen LogP contribution in [0, 0.1) is 0 Å².